The highest BCUT2D eigenvalue weighted by atomic mass is 16.5. The first-order chi connectivity index (χ1) is 20.5. The molecule has 43 heavy (non-hydrogen) atoms. The number of aromatic hydroxyl groups is 6. The molecule has 2 aliphatic heterocycles. The van der Waals surface area contributed by atoms with Crippen molar-refractivity contribution < 1.29 is 59.5 Å². The Hall–Kier alpha value is -5.62. The molecule has 0 radical (unpaired) electrons. The Kier molecular flexibility index (Phi) is 6.43. The molecule has 0 spiro atoms. The Bertz CT molecular complexity index is 1800. The van der Waals surface area contributed by atoms with E-state index >= 15 is 0 Å². The molecule has 4 aromatic rings. The number of rotatable bonds is 4. The first-order valence-electron chi connectivity index (χ1n) is 12.9. The lowest BCUT2D eigenvalue weighted by Gasteiger charge is -2.37. The van der Waals surface area contributed by atoms with Crippen molar-refractivity contribution in [2.24, 2.45) is 0 Å². The van der Waals surface area contributed by atoms with Crippen LogP contribution < -0.4 is 14.2 Å². The highest BCUT2D eigenvalue weighted by Crippen LogP contribution is 2.55. The van der Waals surface area contributed by atoms with Gasteiger partial charge in [-0.3, -0.25) is 9.59 Å². The number of ether oxygens (including phenoxy) is 3. The van der Waals surface area contributed by atoms with Crippen molar-refractivity contribution in [3.63, 3.8) is 0 Å². The molecule has 0 saturated heterocycles. The monoisotopic (exact) mass is 588 g/mol. The molecule has 220 valence electrons. The lowest BCUT2D eigenvalue weighted by molar-refractivity contribution is 0.0196. The minimum Gasteiger partial charge on any atom is -0.508 e. The van der Waals surface area contributed by atoms with E-state index in [9.17, 15) is 45.3 Å². The summed E-state index contributed by atoms with van der Waals surface area (Å²) in [6, 6.07) is 12.5. The van der Waals surface area contributed by atoms with Gasteiger partial charge in [-0.05, 0) is 35.4 Å². The van der Waals surface area contributed by atoms with Gasteiger partial charge in [-0.25, -0.2) is 0 Å². The van der Waals surface area contributed by atoms with Gasteiger partial charge in [-0.2, -0.15) is 0 Å². The van der Waals surface area contributed by atoms with Crippen molar-refractivity contribution in [2.75, 3.05) is 7.11 Å². The normalized spacial score (nSPS) is 20.9. The third-order valence-electron chi connectivity index (χ3n) is 7.54. The van der Waals surface area contributed by atoms with Gasteiger partial charge in [-0.15, -0.1) is 0 Å². The largest absolute Gasteiger partial charge is 0.508 e. The Balaban J connectivity index is 1.58. The molecule has 7 N–H and O–H groups in total. The summed E-state index contributed by atoms with van der Waals surface area (Å²) in [5, 5.41) is 73.6. The second-order valence-electron chi connectivity index (χ2n) is 10.1. The molecule has 0 fully saturated rings. The molecule has 0 amide bonds. The molecule has 0 saturated carbocycles. The lowest BCUT2D eigenvalue weighted by atomic mass is 9.78. The number of hydrogen-bond donors (Lipinski definition) is 7. The van der Waals surface area contributed by atoms with Crippen molar-refractivity contribution in [2.45, 2.75) is 24.2 Å². The van der Waals surface area contributed by atoms with E-state index < -0.39 is 64.4 Å². The Morgan fingerprint density at radius 1 is 0.651 bits per heavy atom. The standard InChI is InChI=1S/C31H24O12/c1-41-20-7-4-13(8-16(20)34)30-28(40)27(39)24-19(37)11-18(36)23(31(24)43-30)25-26(38)22-17(35)9-15(33)10-21(22)42-29(25)12-2-5-14(32)6-3-12/h2-11,25,28-30,32-37,40H,1H3. The Labute approximate surface area is 242 Å². The minimum absolute atomic E-state index is 0.0866. The summed E-state index contributed by atoms with van der Waals surface area (Å²) in [6.45, 7) is 0. The zero-order valence-corrected chi connectivity index (χ0v) is 22.3. The fourth-order valence-electron chi connectivity index (χ4n) is 5.55. The summed E-state index contributed by atoms with van der Waals surface area (Å²) < 4.78 is 17.2. The molecular weight excluding hydrogens is 564 g/mol. The number of methoxy groups -OCH3 is 1. The van der Waals surface area contributed by atoms with E-state index in [1.54, 1.807) is 0 Å². The van der Waals surface area contributed by atoms with Gasteiger partial charge in [0.2, 0.25) is 5.78 Å². The summed E-state index contributed by atoms with van der Waals surface area (Å²) in [5.74, 6) is -6.56. The van der Waals surface area contributed by atoms with Crippen LogP contribution in [-0.4, -0.2) is 60.5 Å². The van der Waals surface area contributed by atoms with Crippen molar-refractivity contribution in [1.29, 1.82) is 0 Å². The number of aliphatic hydroxyl groups is 1. The van der Waals surface area contributed by atoms with E-state index in [1.165, 1.54) is 49.6 Å². The highest BCUT2D eigenvalue weighted by Gasteiger charge is 2.48. The Morgan fingerprint density at radius 2 is 1.33 bits per heavy atom. The molecule has 2 aliphatic rings. The molecule has 0 aliphatic carbocycles. The molecule has 4 aromatic carbocycles. The van der Waals surface area contributed by atoms with Crippen molar-refractivity contribution >= 4 is 11.6 Å². The average molecular weight is 589 g/mol. The van der Waals surface area contributed by atoms with Crippen molar-refractivity contribution in [3.05, 3.63) is 88.5 Å². The number of fused-ring (bicyclic) bond motifs is 2. The Morgan fingerprint density at radius 3 is 2.00 bits per heavy atom. The number of ketones is 2. The number of benzene rings is 4. The van der Waals surface area contributed by atoms with Gasteiger partial charge in [0, 0.05) is 18.2 Å². The van der Waals surface area contributed by atoms with Crippen LogP contribution >= 0.6 is 0 Å². The lowest BCUT2D eigenvalue weighted by Crippen LogP contribution is -2.38. The zero-order valence-electron chi connectivity index (χ0n) is 22.3. The van der Waals surface area contributed by atoms with E-state index in [-0.39, 0.29) is 45.4 Å². The van der Waals surface area contributed by atoms with Crippen LogP contribution in [0.2, 0.25) is 0 Å². The van der Waals surface area contributed by atoms with Crippen LogP contribution in [0, 0.1) is 0 Å². The van der Waals surface area contributed by atoms with Gasteiger partial charge in [0.25, 0.3) is 0 Å². The summed E-state index contributed by atoms with van der Waals surface area (Å²) in [5.41, 5.74) is -0.662. The fraction of sp³-hybridized carbons (Fsp3) is 0.161. The van der Waals surface area contributed by atoms with Gasteiger partial charge >= 0.3 is 0 Å². The van der Waals surface area contributed by atoms with E-state index in [4.69, 9.17) is 14.2 Å². The first kappa shape index (κ1) is 27.5. The number of aliphatic hydroxyl groups excluding tert-OH is 1. The van der Waals surface area contributed by atoms with Crippen LogP contribution in [0.25, 0.3) is 0 Å². The molecule has 4 atom stereocenters. The number of phenolic OH excluding ortho intramolecular Hbond substituents is 6. The smallest absolute Gasteiger partial charge is 0.202 e. The first-order valence-corrected chi connectivity index (χ1v) is 12.9. The molecule has 2 heterocycles. The molecular formula is C31H24O12. The quantitative estimate of drug-likeness (QED) is 0.182. The maximum Gasteiger partial charge on any atom is 0.202 e. The van der Waals surface area contributed by atoms with E-state index in [2.05, 4.69) is 0 Å². The van der Waals surface area contributed by atoms with Crippen molar-refractivity contribution in [1.82, 2.24) is 0 Å². The molecule has 4 unspecified atom stereocenters. The second kappa shape index (κ2) is 10.0. The predicted octanol–water partition coefficient (Wildman–Crippen LogP) is 3.71. The number of hydrogen-bond acceptors (Lipinski definition) is 12. The third-order valence-corrected chi connectivity index (χ3v) is 7.54. The van der Waals surface area contributed by atoms with E-state index in [0.29, 0.717) is 5.56 Å². The van der Waals surface area contributed by atoms with E-state index in [1.807, 2.05) is 0 Å². The zero-order chi connectivity index (χ0) is 30.7. The summed E-state index contributed by atoms with van der Waals surface area (Å²) in [6.07, 6.45) is -4.58. The van der Waals surface area contributed by atoms with Gasteiger partial charge in [-0.1, -0.05) is 18.2 Å². The maximum atomic E-state index is 14.2. The molecule has 0 bridgehead atoms. The molecule has 6 rings (SSSR count). The van der Waals surface area contributed by atoms with Crippen LogP contribution in [-0.2, 0) is 0 Å². The summed E-state index contributed by atoms with van der Waals surface area (Å²) >= 11 is 0. The van der Waals surface area contributed by atoms with Gasteiger partial charge in [0.15, 0.2) is 29.5 Å². The topological polar surface area (TPSA) is 203 Å². The van der Waals surface area contributed by atoms with Crippen LogP contribution in [0.4, 0.5) is 0 Å². The third kappa shape index (κ3) is 4.35. The van der Waals surface area contributed by atoms with Gasteiger partial charge in [0.05, 0.1) is 18.6 Å². The summed E-state index contributed by atoms with van der Waals surface area (Å²) in [7, 11) is 1.34. The number of phenols is 6. The van der Waals surface area contributed by atoms with Crippen LogP contribution in [0.1, 0.15) is 55.5 Å². The minimum atomic E-state index is -1.86. The van der Waals surface area contributed by atoms with Crippen molar-refractivity contribution in [3.8, 4) is 51.7 Å². The van der Waals surface area contributed by atoms with Crippen LogP contribution in [0.15, 0.2) is 60.7 Å². The van der Waals surface area contributed by atoms with Crippen LogP contribution in [0.5, 0.6) is 51.7 Å². The van der Waals surface area contributed by atoms with Crippen LogP contribution in [0.3, 0.4) is 0 Å². The second-order valence-corrected chi connectivity index (χ2v) is 10.1. The highest BCUT2D eigenvalue weighted by molar-refractivity contribution is 6.10. The SMILES string of the molecule is COc1ccc(C2Oc3c(c(O)cc(O)c3C3C(=O)c4c(O)cc(O)cc4OC3c3ccc(O)cc3)C(=O)C2O)cc1O. The average Bonchev–Trinajstić information content (AvgIpc) is 2.95. The number of carbonyl (C=O) groups is 2. The molecule has 12 heteroatoms. The van der Waals surface area contributed by atoms with E-state index in [0.717, 1.165) is 18.2 Å². The predicted molar refractivity (Wildman–Crippen MR) is 146 cm³/mol. The summed E-state index contributed by atoms with van der Waals surface area (Å²) in [4.78, 5) is 27.6. The molecule has 12 nitrogen and oxygen atoms in total. The number of Topliss-reactive ketones (excluding diaryl/α,β-unsaturated/α-hetero) is 2. The maximum absolute atomic E-state index is 14.2. The number of carbonyl (C=O) groups excluding carboxylic acids is 2. The van der Waals surface area contributed by atoms with Gasteiger partial charge < -0.3 is 50.0 Å². The molecule has 0 aromatic heterocycles. The van der Waals surface area contributed by atoms with Gasteiger partial charge in [0.1, 0.15) is 57.5 Å². The fourth-order valence-corrected chi connectivity index (χ4v) is 5.55.